The minimum atomic E-state index is -0.0103. The molecular weight excluding hydrogens is 392 g/mol. The highest BCUT2D eigenvalue weighted by molar-refractivity contribution is 7.99. The van der Waals surface area contributed by atoms with Crippen molar-refractivity contribution in [3.8, 4) is 0 Å². The van der Waals surface area contributed by atoms with E-state index >= 15 is 0 Å². The molecular formula is C25H24N2O2S. The fraction of sp³-hybridized carbons (Fsp3) is 0.200. The highest BCUT2D eigenvalue weighted by Gasteiger charge is 2.24. The number of rotatable bonds is 7. The number of carbonyl (C=O) groups excluding carboxylic acids is 2. The number of amides is 2. The minimum Gasteiger partial charge on any atom is -0.325 e. The van der Waals surface area contributed by atoms with Gasteiger partial charge >= 0.3 is 0 Å². The lowest BCUT2D eigenvalue weighted by Gasteiger charge is -2.30. The first-order chi connectivity index (χ1) is 14.7. The number of thioether (sulfide) groups is 1. The molecule has 0 radical (unpaired) electrons. The van der Waals surface area contributed by atoms with Crippen LogP contribution in [0.5, 0.6) is 0 Å². The van der Waals surface area contributed by atoms with Crippen molar-refractivity contribution in [1.82, 2.24) is 0 Å². The lowest BCUT2D eigenvalue weighted by atomic mass is 9.99. The molecule has 0 saturated carbocycles. The zero-order valence-corrected chi connectivity index (χ0v) is 17.5. The third-order valence-corrected chi connectivity index (χ3v) is 6.10. The van der Waals surface area contributed by atoms with Crippen molar-refractivity contribution >= 4 is 35.0 Å². The van der Waals surface area contributed by atoms with Crippen LogP contribution in [0.2, 0.25) is 0 Å². The predicted molar refractivity (Wildman–Crippen MR) is 124 cm³/mol. The number of hydrogen-bond donors (Lipinski definition) is 1. The molecule has 1 aliphatic heterocycles. The molecule has 1 heterocycles. The van der Waals surface area contributed by atoms with E-state index in [0.29, 0.717) is 25.1 Å². The normalized spacial score (nSPS) is 13.1. The van der Waals surface area contributed by atoms with Gasteiger partial charge in [0.05, 0.1) is 12.3 Å². The first-order valence-corrected chi connectivity index (χ1v) is 11.2. The van der Waals surface area contributed by atoms with E-state index in [4.69, 9.17) is 0 Å². The third kappa shape index (κ3) is 5.10. The van der Waals surface area contributed by atoms with Crippen LogP contribution in [0.1, 0.15) is 23.1 Å². The maximum Gasteiger partial charge on any atom is 0.234 e. The summed E-state index contributed by atoms with van der Waals surface area (Å²) in [5, 5.41) is 2.99. The molecule has 0 saturated heterocycles. The van der Waals surface area contributed by atoms with E-state index in [-0.39, 0.29) is 11.8 Å². The van der Waals surface area contributed by atoms with Crippen LogP contribution in [0.4, 0.5) is 11.4 Å². The van der Waals surface area contributed by atoms with Crippen LogP contribution in [0.25, 0.3) is 0 Å². The molecule has 2 amide bonds. The molecule has 0 aliphatic carbocycles. The molecule has 0 bridgehead atoms. The molecule has 152 valence electrons. The average Bonchev–Trinajstić information content (AvgIpc) is 2.77. The first kappa shape index (κ1) is 20.2. The molecule has 1 N–H and O–H groups in total. The van der Waals surface area contributed by atoms with Gasteiger partial charge < -0.3 is 10.2 Å². The van der Waals surface area contributed by atoms with E-state index < -0.39 is 0 Å². The Morgan fingerprint density at radius 3 is 2.33 bits per heavy atom. The van der Waals surface area contributed by atoms with Gasteiger partial charge in [-0.3, -0.25) is 9.59 Å². The first-order valence-electron chi connectivity index (χ1n) is 10.1. The Labute approximate surface area is 181 Å². The van der Waals surface area contributed by atoms with Gasteiger partial charge in [-0.2, -0.15) is 0 Å². The second-order valence-corrected chi connectivity index (χ2v) is 8.32. The number of nitrogens with one attached hydrogen (secondary N) is 1. The summed E-state index contributed by atoms with van der Waals surface area (Å²) in [5.74, 6) is 1.35. The Morgan fingerprint density at radius 1 is 0.900 bits per heavy atom. The molecule has 4 nitrogen and oxygen atoms in total. The van der Waals surface area contributed by atoms with E-state index in [0.717, 1.165) is 28.3 Å². The van der Waals surface area contributed by atoms with Crippen molar-refractivity contribution in [1.29, 1.82) is 0 Å². The van der Waals surface area contributed by atoms with Gasteiger partial charge in [0.25, 0.3) is 0 Å². The number of benzene rings is 3. The molecule has 1 aliphatic rings. The number of fused-ring (bicyclic) bond motifs is 1. The van der Waals surface area contributed by atoms with Gasteiger partial charge in [0.15, 0.2) is 0 Å². The third-order valence-electron chi connectivity index (χ3n) is 5.09. The zero-order chi connectivity index (χ0) is 20.8. The highest BCUT2D eigenvalue weighted by Crippen LogP contribution is 2.31. The molecule has 0 spiro atoms. The number of hydrogen-bond acceptors (Lipinski definition) is 3. The van der Waals surface area contributed by atoms with Gasteiger partial charge in [0.1, 0.15) is 0 Å². The van der Waals surface area contributed by atoms with Crippen LogP contribution in [-0.2, 0) is 28.3 Å². The second kappa shape index (κ2) is 9.63. The lowest BCUT2D eigenvalue weighted by molar-refractivity contribution is -0.119. The van der Waals surface area contributed by atoms with Crippen LogP contribution in [0, 0.1) is 0 Å². The number of aryl methyl sites for hydroxylation is 1. The smallest absolute Gasteiger partial charge is 0.234 e. The minimum absolute atomic E-state index is 0.0103. The van der Waals surface area contributed by atoms with Crippen molar-refractivity contribution in [3.05, 3.63) is 95.6 Å². The summed E-state index contributed by atoms with van der Waals surface area (Å²) >= 11 is 1.60. The van der Waals surface area contributed by atoms with Crippen molar-refractivity contribution in [2.24, 2.45) is 0 Å². The van der Waals surface area contributed by atoms with Crippen LogP contribution < -0.4 is 10.2 Å². The summed E-state index contributed by atoms with van der Waals surface area (Å²) in [7, 11) is 0. The quantitative estimate of drug-likeness (QED) is 0.587. The van der Waals surface area contributed by atoms with Crippen LogP contribution >= 0.6 is 11.8 Å². The van der Waals surface area contributed by atoms with E-state index in [1.807, 2.05) is 71.6 Å². The fourth-order valence-electron chi connectivity index (χ4n) is 3.61. The van der Waals surface area contributed by atoms with Crippen LogP contribution in [0.3, 0.4) is 0 Å². The Balaban J connectivity index is 1.38. The standard InChI is InChI=1S/C25H24N2O2S/c28-24(18-30-17-20-9-5-2-6-10-20)26-22-12-13-23-21(15-22)11-14-25(29)27(23)16-19-7-3-1-4-8-19/h1-10,12-13,15H,11,14,16-18H2,(H,26,28). The highest BCUT2D eigenvalue weighted by atomic mass is 32.2. The number of anilines is 2. The van der Waals surface area contributed by atoms with Crippen LogP contribution in [-0.4, -0.2) is 17.6 Å². The van der Waals surface area contributed by atoms with E-state index in [2.05, 4.69) is 17.4 Å². The van der Waals surface area contributed by atoms with Gasteiger partial charge in [-0.1, -0.05) is 60.7 Å². The maximum absolute atomic E-state index is 12.5. The maximum atomic E-state index is 12.5. The topological polar surface area (TPSA) is 49.4 Å². The van der Waals surface area contributed by atoms with E-state index in [9.17, 15) is 9.59 Å². The fourth-order valence-corrected chi connectivity index (χ4v) is 4.40. The van der Waals surface area contributed by atoms with Crippen molar-refractivity contribution in [2.45, 2.75) is 25.1 Å². The summed E-state index contributed by atoms with van der Waals surface area (Å²) < 4.78 is 0. The molecule has 5 heteroatoms. The summed E-state index contributed by atoms with van der Waals surface area (Å²) in [6.07, 6.45) is 1.19. The van der Waals surface area contributed by atoms with Gasteiger partial charge in [0.2, 0.25) is 11.8 Å². The van der Waals surface area contributed by atoms with Crippen LogP contribution in [0.15, 0.2) is 78.9 Å². The Morgan fingerprint density at radius 2 is 1.60 bits per heavy atom. The van der Waals surface area contributed by atoms with Crippen molar-refractivity contribution < 1.29 is 9.59 Å². The summed E-state index contributed by atoms with van der Waals surface area (Å²) in [6, 6.07) is 26.0. The SMILES string of the molecule is O=C(CSCc1ccccc1)Nc1ccc2c(c1)CCC(=O)N2Cc1ccccc1. The summed E-state index contributed by atoms with van der Waals surface area (Å²) in [4.78, 5) is 26.7. The van der Waals surface area contributed by atoms with Crippen molar-refractivity contribution in [3.63, 3.8) is 0 Å². The average molecular weight is 417 g/mol. The molecule has 0 aromatic heterocycles. The summed E-state index contributed by atoms with van der Waals surface area (Å²) in [5.41, 5.74) is 5.14. The predicted octanol–water partition coefficient (Wildman–Crippen LogP) is 5.04. The van der Waals surface area contributed by atoms with Crippen molar-refractivity contribution in [2.75, 3.05) is 16.0 Å². The largest absolute Gasteiger partial charge is 0.325 e. The Kier molecular flexibility index (Phi) is 6.50. The molecule has 3 aromatic rings. The molecule has 0 fully saturated rings. The monoisotopic (exact) mass is 416 g/mol. The van der Waals surface area contributed by atoms with Gasteiger partial charge in [-0.05, 0) is 41.3 Å². The molecule has 0 atom stereocenters. The summed E-state index contributed by atoms with van der Waals surface area (Å²) in [6.45, 7) is 0.564. The van der Waals surface area contributed by atoms with Gasteiger partial charge in [-0.25, -0.2) is 0 Å². The van der Waals surface area contributed by atoms with E-state index in [1.54, 1.807) is 11.8 Å². The zero-order valence-electron chi connectivity index (χ0n) is 16.7. The van der Waals surface area contributed by atoms with Gasteiger partial charge in [0, 0.05) is 23.5 Å². The number of carbonyl (C=O) groups is 2. The molecule has 30 heavy (non-hydrogen) atoms. The Hall–Kier alpha value is -3.05. The Bertz CT molecular complexity index is 1020. The molecule has 4 rings (SSSR count). The van der Waals surface area contributed by atoms with Gasteiger partial charge in [-0.15, -0.1) is 11.8 Å². The second-order valence-electron chi connectivity index (χ2n) is 7.34. The lowest BCUT2D eigenvalue weighted by Crippen LogP contribution is -2.34. The molecule has 0 unspecified atom stereocenters. The molecule has 3 aromatic carbocycles. The van der Waals surface area contributed by atoms with E-state index in [1.165, 1.54) is 5.56 Å². The number of nitrogens with zero attached hydrogens (tertiary/aromatic N) is 1.